The van der Waals surface area contributed by atoms with Crippen LogP contribution in [-0.2, 0) is 4.79 Å². The molecule has 0 atom stereocenters. The van der Waals surface area contributed by atoms with Crippen LogP contribution in [0.4, 0.5) is 11.4 Å². The maximum atomic E-state index is 12.3. The molecular weight excluding hydrogens is 406 g/mol. The van der Waals surface area contributed by atoms with Crippen molar-refractivity contribution in [2.24, 2.45) is 0 Å². The Morgan fingerprint density at radius 3 is 2.56 bits per heavy atom. The van der Waals surface area contributed by atoms with Crippen LogP contribution in [0.25, 0.3) is 11.8 Å². The fraction of sp³-hybridized carbons (Fsp3) is 0.417. The number of nitro groups is 1. The number of aryl methyl sites for hydroxylation is 1. The van der Waals surface area contributed by atoms with Crippen LogP contribution in [0.5, 0.6) is 0 Å². The van der Waals surface area contributed by atoms with Crippen LogP contribution < -0.4 is 10.2 Å². The number of amides is 1. The molecule has 1 aliphatic carbocycles. The normalized spacial score (nSPS) is 16.5. The van der Waals surface area contributed by atoms with Crippen molar-refractivity contribution in [3.8, 4) is 11.8 Å². The Morgan fingerprint density at radius 1 is 1.22 bits per heavy atom. The number of hydrogen-bond acceptors (Lipinski definition) is 5. The molecular formula is C24H27N5O3. The summed E-state index contributed by atoms with van der Waals surface area (Å²) < 4.78 is 1.92. The van der Waals surface area contributed by atoms with E-state index in [1.807, 2.05) is 42.7 Å². The number of anilines is 1. The van der Waals surface area contributed by atoms with E-state index in [0.29, 0.717) is 11.4 Å². The summed E-state index contributed by atoms with van der Waals surface area (Å²) in [5, 5.41) is 24.2. The van der Waals surface area contributed by atoms with E-state index in [9.17, 15) is 20.2 Å². The molecule has 2 fully saturated rings. The standard InChI is InChI=1S/C24H27N5O3/c1-16-12-18(13-19(15-25)24(30)26-20-6-7-20)17(2)28(16)21-8-9-22(23(14-21)29(31)32)27-10-4-3-5-11-27/h8-9,12-14,20H,3-7,10-11H2,1-2H3,(H,26,30)/b19-13+. The number of carbonyl (C=O) groups excluding carboxylic acids is 1. The van der Waals surface area contributed by atoms with Gasteiger partial charge in [0.1, 0.15) is 17.3 Å². The SMILES string of the molecule is Cc1cc(/C=C(\C#N)C(=O)NC2CC2)c(C)n1-c1ccc(N2CCCCC2)c([N+](=O)[O-])c1. The zero-order valence-electron chi connectivity index (χ0n) is 18.4. The molecule has 1 amide bonds. The molecule has 1 N–H and O–H groups in total. The smallest absolute Gasteiger partial charge is 0.294 e. The molecule has 8 nitrogen and oxygen atoms in total. The lowest BCUT2D eigenvalue weighted by molar-refractivity contribution is -0.384. The molecule has 1 saturated carbocycles. The minimum atomic E-state index is -0.360. The summed E-state index contributed by atoms with van der Waals surface area (Å²) in [7, 11) is 0. The third-order valence-electron chi connectivity index (χ3n) is 6.16. The van der Waals surface area contributed by atoms with E-state index in [2.05, 4.69) is 10.2 Å². The molecule has 2 aromatic rings. The lowest BCUT2D eigenvalue weighted by Gasteiger charge is -2.28. The van der Waals surface area contributed by atoms with Gasteiger partial charge in [0.2, 0.25) is 0 Å². The molecule has 1 saturated heterocycles. The molecule has 0 bridgehead atoms. The van der Waals surface area contributed by atoms with E-state index in [0.717, 1.165) is 62.1 Å². The minimum Gasteiger partial charge on any atom is -0.366 e. The van der Waals surface area contributed by atoms with Crippen molar-refractivity contribution in [1.29, 1.82) is 5.26 Å². The fourth-order valence-electron chi connectivity index (χ4n) is 4.33. The average Bonchev–Trinajstić information content (AvgIpc) is 3.55. The summed E-state index contributed by atoms with van der Waals surface area (Å²) in [5.41, 5.74) is 3.92. The molecule has 1 aromatic heterocycles. The van der Waals surface area contributed by atoms with Crippen LogP contribution in [0.3, 0.4) is 0 Å². The molecule has 4 rings (SSSR count). The molecule has 166 valence electrons. The number of hydrogen-bond donors (Lipinski definition) is 1. The Balaban J connectivity index is 1.69. The molecule has 2 aliphatic rings. The summed E-state index contributed by atoms with van der Waals surface area (Å²) in [4.78, 5) is 25.9. The van der Waals surface area contributed by atoms with Crippen molar-refractivity contribution in [2.45, 2.75) is 52.0 Å². The highest BCUT2D eigenvalue weighted by atomic mass is 16.6. The molecule has 8 heteroatoms. The number of nitro benzene ring substituents is 1. The van der Waals surface area contributed by atoms with E-state index >= 15 is 0 Å². The van der Waals surface area contributed by atoms with Gasteiger partial charge in [0.05, 0.1) is 10.6 Å². The quantitative estimate of drug-likeness (QED) is 0.318. The predicted molar refractivity (Wildman–Crippen MR) is 123 cm³/mol. The first-order valence-corrected chi connectivity index (χ1v) is 11.0. The number of carbonyl (C=O) groups is 1. The second kappa shape index (κ2) is 8.87. The van der Waals surface area contributed by atoms with Gasteiger partial charge in [-0.05, 0) is 75.8 Å². The number of piperidine rings is 1. The van der Waals surface area contributed by atoms with Crippen molar-refractivity contribution >= 4 is 23.4 Å². The van der Waals surface area contributed by atoms with Gasteiger partial charge in [-0.1, -0.05) is 0 Å². The van der Waals surface area contributed by atoms with Gasteiger partial charge < -0.3 is 14.8 Å². The number of nitrogens with zero attached hydrogens (tertiary/aromatic N) is 4. The Kier molecular flexibility index (Phi) is 5.99. The monoisotopic (exact) mass is 433 g/mol. The first kappa shape index (κ1) is 21.6. The zero-order valence-corrected chi connectivity index (χ0v) is 18.4. The van der Waals surface area contributed by atoms with Crippen molar-refractivity contribution in [2.75, 3.05) is 18.0 Å². The number of nitriles is 1. The van der Waals surface area contributed by atoms with E-state index < -0.39 is 0 Å². The van der Waals surface area contributed by atoms with E-state index in [1.165, 1.54) is 0 Å². The Morgan fingerprint density at radius 2 is 1.94 bits per heavy atom. The summed E-state index contributed by atoms with van der Waals surface area (Å²) in [6, 6.07) is 9.40. The maximum Gasteiger partial charge on any atom is 0.294 e. The van der Waals surface area contributed by atoms with Crippen LogP contribution in [0.1, 0.15) is 49.1 Å². The molecule has 1 aromatic carbocycles. The van der Waals surface area contributed by atoms with E-state index in [-0.39, 0.29) is 28.1 Å². The van der Waals surface area contributed by atoms with Gasteiger partial charge in [-0.2, -0.15) is 5.26 Å². The van der Waals surface area contributed by atoms with Crippen molar-refractivity contribution in [3.63, 3.8) is 0 Å². The topological polar surface area (TPSA) is 104 Å². The van der Waals surface area contributed by atoms with Gasteiger partial charge in [0, 0.05) is 36.6 Å². The van der Waals surface area contributed by atoms with Gasteiger partial charge in [0.25, 0.3) is 11.6 Å². The summed E-state index contributed by atoms with van der Waals surface area (Å²) >= 11 is 0. The molecule has 0 radical (unpaired) electrons. The lowest BCUT2D eigenvalue weighted by atomic mass is 10.1. The van der Waals surface area contributed by atoms with Crippen molar-refractivity contribution in [3.05, 3.63) is 56.9 Å². The molecule has 32 heavy (non-hydrogen) atoms. The second-order valence-corrected chi connectivity index (χ2v) is 8.56. The lowest BCUT2D eigenvalue weighted by Crippen LogP contribution is -2.30. The highest BCUT2D eigenvalue weighted by Crippen LogP contribution is 2.34. The number of aromatic nitrogens is 1. The predicted octanol–water partition coefficient (Wildman–Crippen LogP) is 4.18. The van der Waals surface area contributed by atoms with Gasteiger partial charge in [-0.15, -0.1) is 0 Å². The van der Waals surface area contributed by atoms with Crippen molar-refractivity contribution < 1.29 is 9.72 Å². The van der Waals surface area contributed by atoms with Gasteiger partial charge in [-0.25, -0.2) is 0 Å². The second-order valence-electron chi connectivity index (χ2n) is 8.56. The van der Waals surface area contributed by atoms with Gasteiger partial charge in [-0.3, -0.25) is 14.9 Å². The Labute approximate surface area is 187 Å². The summed E-state index contributed by atoms with van der Waals surface area (Å²) in [6.07, 6.45) is 6.73. The summed E-state index contributed by atoms with van der Waals surface area (Å²) in [6.45, 7) is 5.45. The van der Waals surface area contributed by atoms with E-state index in [4.69, 9.17) is 0 Å². The first-order valence-electron chi connectivity index (χ1n) is 11.0. The van der Waals surface area contributed by atoms with Crippen molar-refractivity contribution in [1.82, 2.24) is 9.88 Å². The third kappa shape index (κ3) is 4.37. The maximum absolute atomic E-state index is 12.3. The molecule has 0 unspecified atom stereocenters. The number of benzene rings is 1. The average molecular weight is 434 g/mol. The van der Waals surface area contributed by atoms with Gasteiger partial charge >= 0.3 is 0 Å². The third-order valence-corrected chi connectivity index (χ3v) is 6.16. The highest BCUT2D eigenvalue weighted by molar-refractivity contribution is 6.02. The van der Waals surface area contributed by atoms with Crippen LogP contribution in [0, 0.1) is 35.3 Å². The highest BCUT2D eigenvalue weighted by Gasteiger charge is 2.26. The van der Waals surface area contributed by atoms with Crippen LogP contribution in [0.15, 0.2) is 29.8 Å². The van der Waals surface area contributed by atoms with Crippen LogP contribution in [-0.4, -0.2) is 34.5 Å². The largest absolute Gasteiger partial charge is 0.366 e. The fourth-order valence-corrected chi connectivity index (χ4v) is 4.33. The number of nitrogens with one attached hydrogen (secondary N) is 1. The molecule has 2 heterocycles. The zero-order chi connectivity index (χ0) is 22.8. The first-order chi connectivity index (χ1) is 15.4. The van der Waals surface area contributed by atoms with Gasteiger partial charge in [0.15, 0.2) is 0 Å². The van der Waals surface area contributed by atoms with Crippen LogP contribution in [0.2, 0.25) is 0 Å². The minimum absolute atomic E-state index is 0.0589. The number of rotatable bonds is 6. The van der Waals surface area contributed by atoms with E-state index in [1.54, 1.807) is 12.1 Å². The summed E-state index contributed by atoms with van der Waals surface area (Å²) in [5.74, 6) is -0.360. The Bertz CT molecular complexity index is 1130. The molecule has 1 aliphatic heterocycles. The van der Waals surface area contributed by atoms with Crippen LogP contribution >= 0.6 is 0 Å². The molecule has 0 spiro atoms. The Hall–Kier alpha value is -3.60.